The molecule has 4 nitrogen and oxygen atoms in total. The fraction of sp³-hybridized carbons (Fsp3) is 0.0769. The summed E-state index contributed by atoms with van der Waals surface area (Å²) < 4.78 is 5.48. The normalized spacial score (nSPS) is 10.2. The van der Waals surface area contributed by atoms with Gasteiger partial charge in [0.15, 0.2) is 0 Å². The van der Waals surface area contributed by atoms with Gasteiger partial charge in [0.25, 0.3) is 0 Å². The summed E-state index contributed by atoms with van der Waals surface area (Å²) in [7, 11) is 0. The Morgan fingerprint density at radius 1 is 1.26 bits per heavy atom. The van der Waals surface area contributed by atoms with E-state index in [2.05, 4.69) is 4.98 Å². The third-order valence-corrected chi connectivity index (χ3v) is 2.87. The van der Waals surface area contributed by atoms with Gasteiger partial charge in [0.2, 0.25) is 0 Å². The van der Waals surface area contributed by atoms with Gasteiger partial charge in [-0.3, -0.25) is 4.98 Å². The molecule has 0 saturated carbocycles. The molecule has 98 valence electrons. The Morgan fingerprint density at radius 2 is 2.05 bits per heavy atom. The van der Waals surface area contributed by atoms with E-state index in [0.29, 0.717) is 21.5 Å². The van der Waals surface area contributed by atoms with E-state index in [1.165, 1.54) is 12.3 Å². The van der Waals surface area contributed by atoms with Crippen LogP contribution in [0.5, 0.6) is 5.75 Å². The summed E-state index contributed by atoms with van der Waals surface area (Å²) in [6.45, 7) is 0.196. The van der Waals surface area contributed by atoms with Crippen molar-refractivity contribution in [2.45, 2.75) is 6.61 Å². The largest absolute Gasteiger partial charge is 0.486 e. The molecule has 0 aliphatic heterocycles. The lowest BCUT2D eigenvalue weighted by atomic mass is 10.2. The maximum absolute atomic E-state index is 10.7. The van der Waals surface area contributed by atoms with Crippen LogP contribution in [0.3, 0.4) is 0 Å². The quantitative estimate of drug-likeness (QED) is 0.935. The highest BCUT2D eigenvalue weighted by Crippen LogP contribution is 2.27. The van der Waals surface area contributed by atoms with E-state index in [-0.39, 0.29) is 12.2 Å². The molecule has 0 atom stereocenters. The molecule has 2 aromatic rings. The number of rotatable bonds is 4. The zero-order valence-corrected chi connectivity index (χ0v) is 11.1. The first-order valence-corrected chi connectivity index (χ1v) is 6.08. The van der Waals surface area contributed by atoms with E-state index in [9.17, 15) is 4.79 Å². The van der Waals surface area contributed by atoms with Crippen molar-refractivity contribution in [2.75, 3.05) is 0 Å². The van der Waals surface area contributed by atoms with Gasteiger partial charge in [0.1, 0.15) is 12.4 Å². The van der Waals surface area contributed by atoms with Crippen LogP contribution in [-0.4, -0.2) is 16.1 Å². The summed E-state index contributed by atoms with van der Waals surface area (Å²) in [5.41, 5.74) is 0.740. The molecule has 2 rings (SSSR count). The second-order valence-corrected chi connectivity index (χ2v) is 4.55. The van der Waals surface area contributed by atoms with Crippen LogP contribution in [0.4, 0.5) is 0 Å². The van der Waals surface area contributed by atoms with Gasteiger partial charge in [0.05, 0.1) is 16.3 Å². The molecular weight excluding hydrogens is 289 g/mol. The minimum absolute atomic E-state index is 0.133. The highest BCUT2D eigenvalue weighted by molar-refractivity contribution is 6.35. The fourth-order valence-corrected chi connectivity index (χ4v) is 1.84. The Kier molecular flexibility index (Phi) is 4.24. The highest BCUT2D eigenvalue weighted by Gasteiger charge is 2.05. The minimum Gasteiger partial charge on any atom is -0.486 e. The Morgan fingerprint density at radius 3 is 2.63 bits per heavy atom. The van der Waals surface area contributed by atoms with Crippen molar-refractivity contribution in [1.29, 1.82) is 0 Å². The van der Waals surface area contributed by atoms with E-state index < -0.39 is 5.97 Å². The van der Waals surface area contributed by atoms with Crippen LogP contribution in [-0.2, 0) is 6.61 Å². The summed E-state index contributed by atoms with van der Waals surface area (Å²) in [6.07, 6.45) is 1.28. The van der Waals surface area contributed by atoms with Crippen molar-refractivity contribution in [1.82, 2.24) is 4.98 Å². The number of carbonyl (C=O) groups is 1. The first-order valence-electron chi connectivity index (χ1n) is 5.32. The first-order chi connectivity index (χ1) is 9.06. The lowest BCUT2D eigenvalue weighted by Crippen LogP contribution is -2.02. The van der Waals surface area contributed by atoms with Crippen molar-refractivity contribution < 1.29 is 14.6 Å². The molecule has 0 radical (unpaired) electrons. The Labute approximate surface area is 119 Å². The molecule has 1 aromatic carbocycles. The molecule has 0 unspecified atom stereocenters. The maximum Gasteiger partial charge on any atom is 0.337 e. The van der Waals surface area contributed by atoms with E-state index in [1.54, 1.807) is 24.3 Å². The van der Waals surface area contributed by atoms with Gasteiger partial charge in [-0.1, -0.05) is 23.2 Å². The van der Waals surface area contributed by atoms with Gasteiger partial charge in [0, 0.05) is 11.2 Å². The predicted molar refractivity (Wildman–Crippen MR) is 72.0 cm³/mol. The molecule has 0 aliphatic carbocycles. The fourth-order valence-electron chi connectivity index (χ4n) is 1.38. The molecule has 0 bridgehead atoms. The number of ether oxygens (including phenoxy) is 1. The molecule has 0 spiro atoms. The third-order valence-electron chi connectivity index (χ3n) is 2.34. The van der Waals surface area contributed by atoms with Crippen LogP contribution in [0.2, 0.25) is 10.0 Å². The van der Waals surface area contributed by atoms with Gasteiger partial charge in [-0.25, -0.2) is 4.79 Å². The number of carboxylic acid groups (broad SMARTS) is 1. The number of hydrogen-bond donors (Lipinski definition) is 1. The summed E-state index contributed by atoms with van der Waals surface area (Å²) in [6, 6.07) is 7.98. The summed E-state index contributed by atoms with van der Waals surface area (Å²) in [4.78, 5) is 14.7. The SMILES string of the molecule is O=C(O)c1ccc(COc2ccc(Cl)cc2Cl)nc1. The first kappa shape index (κ1) is 13.6. The van der Waals surface area contributed by atoms with Crippen LogP contribution < -0.4 is 4.74 Å². The smallest absolute Gasteiger partial charge is 0.337 e. The average molecular weight is 298 g/mol. The Hall–Kier alpha value is -1.78. The molecule has 6 heteroatoms. The van der Waals surface area contributed by atoms with Crippen molar-refractivity contribution in [2.24, 2.45) is 0 Å². The third kappa shape index (κ3) is 3.59. The van der Waals surface area contributed by atoms with Gasteiger partial charge in [-0.15, -0.1) is 0 Å². The number of nitrogens with zero attached hydrogens (tertiary/aromatic N) is 1. The standard InChI is InChI=1S/C13H9Cl2NO3/c14-9-2-4-12(11(15)5-9)19-7-10-3-1-8(6-16-10)13(17)18/h1-6H,7H2,(H,17,18). The van der Waals surface area contributed by atoms with Crippen LogP contribution in [0.15, 0.2) is 36.5 Å². The number of hydrogen-bond acceptors (Lipinski definition) is 3. The summed E-state index contributed by atoms with van der Waals surface area (Å²) in [5.74, 6) is -0.518. The number of halogens is 2. The lowest BCUT2D eigenvalue weighted by Gasteiger charge is -2.07. The molecule has 0 saturated heterocycles. The number of aromatic nitrogens is 1. The molecule has 1 aromatic heterocycles. The second-order valence-electron chi connectivity index (χ2n) is 3.71. The number of benzene rings is 1. The zero-order valence-electron chi connectivity index (χ0n) is 9.64. The van der Waals surface area contributed by atoms with Gasteiger partial charge >= 0.3 is 5.97 Å². The molecule has 0 fully saturated rings. The van der Waals surface area contributed by atoms with E-state index in [0.717, 1.165) is 0 Å². The summed E-state index contributed by atoms with van der Waals surface area (Å²) in [5, 5.41) is 9.69. The predicted octanol–water partition coefficient (Wildman–Crippen LogP) is 3.67. The second kappa shape index (κ2) is 5.91. The van der Waals surface area contributed by atoms with Crippen molar-refractivity contribution in [3.05, 3.63) is 57.8 Å². The number of aromatic carboxylic acids is 1. The van der Waals surface area contributed by atoms with E-state index >= 15 is 0 Å². The average Bonchev–Trinajstić information content (AvgIpc) is 2.38. The van der Waals surface area contributed by atoms with Crippen molar-refractivity contribution in [3.63, 3.8) is 0 Å². The highest BCUT2D eigenvalue weighted by atomic mass is 35.5. The van der Waals surface area contributed by atoms with Gasteiger partial charge < -0.3 is 9.84 Å². The van der Waals surface area contributed by atoms with Gasteiger partial charge in [-0.05, 0) is 30.3 Å². The Bertz CT molecular complexity index is 599. The van der Waals surface area contributed by atoms with Crippen LogP contribution in [0, 0.1) is 0 Å². The summed E-state index contributed by atoms with van der Waals surface area (Å²) >= 11 is 11.7. The van der Waals surface area contributed by atoms with E-state index in [4.69, 9.17) is 33.0 Å². The molecule has 0 aliphatic rings. The minimum atomic E-state index is -1.01. The molecule has 19 heavy (non-hydrogen) atoms. The number of pyridine rings is 1. The van der Waals surface area contributed by atoms with Gasteiger partial charge in [-0.2, -0.15) is 0 Å². The van der Waals surface area contributed by atoms with Crippen LogP contribution in [0.1, 0.15) is 16.1 Å². The zero-order chi connectivity index (χ0) is 13.8. The van der Waals surface area contributed by atoms with Crippen molar-refractivity contribution >= 4 is 29.2 Å². The van der Waals surface area contributed by atoms with E-state index in [1.807, 2.05) is 0 Å². The topological polar surface area (TPSA) is 59.4 Å². The monoisotopic (exact) mass is 297 g/mol. The maximum atomic E-state index is 10.7. The molecule has 1 heterocycles. The Balaban J connectivity index is 2.04. The van der Waals surface area contributed by atoms with Crippen LogP contribution in [0.25, 0.3) is 0 Å². The van der Waals surface area contributed by atoms with Crippen molar-refractivity contribution in [3.8, 4) is 5.75 Å². The lowest BCUT2D eigenvalue weighted by molar-refractivity contribution is 0.0696. The molecule has 1 N–H and O–H groups in total. The van der Waals surface area contributed by atoms with Crippen LogP contribution >= 0.6 is 23.2 Å². The number of carboxylic acids is 1. The molecular formula is C13H9Cl2NO3. The molecule has 0 amide bonds.